The number of hydrogen-bond acceptors (Lipinski definition) is 3. The zero-order valence-electron chi connectivity index (χ0n) is 8.31. The first-order valence-corrected chi connectivity index (χ1v) is 4.75. The molecule has 0 aliphatic heterocycles. The van der Waals surface area contributed by atoms with Gasteiger partial charge in [-0.15, -0.1) is 0 Å². The maximum absolute atomic E-state index is 5.66. The molecule has 2 N–H and O–H groups in total. The molecule has 0 spiro atoms. The van der Waals surface area contributed by atoms with Crippen molar-refractivity contribution in [2.24, 2.45) is 0 Å². The average molecular weight is 201 g/mol. The van der Waals surface area contributed by atoms with E-state index in [0.717, 1.165) is 22.4 Å². The largest absolute Gasteiger partial charge is 0.384 e. The van der Waals surface area contributed by atoms with Crippen molar-refractivity contribution in [3.05, 3.63) is 36.0 Å². The van der Waals surface area contributed by atoms with Gasteiger partial charge >= 0.3 is 0 Å². The van der Waals surface area contributed by atoms with E-state index in [2.05, 4.69) is 9.97 Å². The number of fused-ring (bicyclic) bond motifs is 3. The number of pyridine rings is 2. The van der Waals surface area contributed by atoms with E-state index in [0.29, 0.717) is 5.82 Å². The second-order valence-corrected chi connectivity index (χ2v) is 3.58. The Bertz CT molecular complexity index is 654. The van der Waals surface area contributed by atoms with E-state index in [-0.39, 0.29) is 0 Å². The molecule has 0 fully saturated rings. The van der Waals surface area contributed by atoms with Gasteiger partial charge in [0, 0.05) is 6.20 Å². The molecule has 0 aromatic carbocycles. The van der Waals surface area contributed by atoms with Gasteiger partial charge in [-0.25, -0.2) is 9.97 Å². The van der Waals surface area contributed by atoms with Crippen LogP contribution in [0.15, 0.2) is 30.5 Å². The molecule has 0 aliphatic carbocycles. The first-order valence-electron chi connectivity index (χ1n) is 4.75. The van der Waals surface area contributed by atoms with Crippen LogP contribution in [0.5, 0.6) is 0 Å². The normalized spacial score (nSPS) is 11.3. The van der Waals surface area contributed by atoms with Crippen LogP contribution in [0.4, 0.5) is 5.82 Å². The van der Waals surface area contributed by atoms with E-state index < -0.39 is 0 Å². The van der Waals surface area contributed by atoms with E-state index in [1.807, 2.05) is 35.7 Å². The molecule has 74 valence electrons. The molecule has 3 heterocycles. The van der Waals surface area contributed by atoms with Gasteiger partial charge in [-0.1, -0.05) is 6.07 Å². The molecule has 0 aliphatic rings. The van der Waals surface area contributed by atoms with Crippen LogP contribution in [0.1, 0.15) is 5.56 Å². The maximum atomic E-state index is 5.66. The third-order valence-corrected chi connectivity index (χ3v) is 2.49. The van der Waals surface area contributed by atoms with Crippen LogP contribution in [0, 0.1) is 6.92 Å². The lowest BCUT2D eigenvalue weighted by molar-refractivity contribution is 1.17. The van der Waals surface area contributed by atoms with Crippen LogP contribution in [-0.2, 0) is 0 Å². The van der Waals surface area contributed by atoms with Crippen molar-refractivity contribution in [3.8, 4) is 0 Å². The molecule has 0 unspecified atom stereocenters. The standard InChI is InChI=1S/C11H10N4/c1-7-3-2-6-15-10(7)13-8-4-5-9(12)14-11(8)15/h2-6H,1H3,(H2,12,14)/i4+1,5+1,9+1. The highest BCUT2D eigenvalue weighted by atomic mass is 15.2. The molecule has 3 rings (SSSR count). The summed E-state index contributed by atoms with van der Waals surface area (Å²) < 4.78 is 1.96. The summed E-state index contributed by atoms with van der Waals surface area (Å²) in [6.45, 7) is 2.03. The fourth-order valence-corrected chi connectivity index (χ4v) is 1.76. The zero-order chi connectivity index (χ0) is 10.4. The fraction of sp³-hybridized carbons (Fsp3) is 0.0909. The van der Waals surface area contributed by atoms with Crippen molar-refractivity contribution in [2.45, 2.75) is 6.92 Å². The lowest BCUT2D eigenvalue weighted by atomic mass is 10.3. The summed E-state index contributed by atoms with van der Waals surface area (Å²) in [6, 6.07) is 7.67. The summed E-state index contributed by atoms with van der Waals surface area (Å²) in [6.07, 6.45) is 1.95. The van der Waals surface area contributed by atoms with Crippen LogP contribution in [0.25, 0.3) is 16.8 Å². The number of hydrogen-bond donors (Lipinski definition) is 1. The van der Waals surface area contributed by atoms with Crippen LogP contribution < -0.4 is 5.73 Å². The second kappa shape index (κ2) is 2.70. The van der Waals surface area contributed by atoms with Crippen molar-refractivity contribution in [3.63, 3.8) is 0 Å². The Morgan fingerprint density at radius 1 is 1.13 bits per heavy atom. The summed E-state index contributed by atoms with van der Waals surface area (Å²) >= 11 is 0. The minimum absolute atomic E-state index is 0.519. The van der Waals surface area contributed by atoms with Gasteiger partial charge in [-0.05, 0) is 30.7 Å². The van der Waals surface area contributed by atoms with Gasteiger partial charge in [0.1, 0.15) is 17.0 Å². The predicted molar refractivity (Wildman–Crippen MR) is 59.6 cm³/mol. The topological polar surface area (TPSA) is 56.2 Å². The number of nitrogen functional groups attached to an aromatic ring is 1. The summed E-state index contributed by atoms with van der Waals surface area (Å²) in [5.74, 6) is 0.519. The third-order valence-electron chi connectivity index (χ3n) is 2.49. The minimum atomic E-state index is 0.519. The molecule has 4 heteroatoms. The van der Waals surface area contributed by atoms with Gasteiger partial charge in [0.2, 0.25) is 0 Å². The predicted octanol–water partition coefficient (Wildman–Crippen LogP) is 1.77. The highest BCUT2D eigenvalue weighted by molar-refractivity contribution is 5.79. The smallest absolute Gasteiger partial charge is 0.166 e. The average Bonchev–Trinajstić information content (AvgIpc) is 2.58. The number of aryl methyl sites for hydroxylation is 1. The van der Waals surface area contributed by atoms with Crippen molar-refractivity contribution < 1.29 is 0 Å². The summed E-state index contributed by atoms with van der Waals surface area (Å²) in [5, 5.41) is 0. The summed E-state index contributed by atoms with van der Waals surface area (Å²) in [7, 11) is 0. The van der Waals surface area contributed by atoms with E-state index in [1.54, 1.807) is 6.07 Å². The van der Waals surface area contributed by atoms with Crippen molar-refractivity contribution in [1.82, 2.24) is 14.4 Å². The van der Waals surface area contributed by atoms with Gasteiger partial charge in [-0.3, -0.25) is 4.40 Å². The van der Waals surface area contributed by atoms with Crippen LogP contribution >= 0.6 is 0 Å². The van der Waals surface area contributed by atoms with Gasteiger partial charge < -0.3 is 5.73 Å². The Morgan fingerprint density at radius 3 is 2.87 bits per heavy atom. The quantitative estimate of drug-likeness (QED) is 0.603. The van der Waals surface area contributed by atoms with E-state index >= 15 is 0 Å². The number of nitrogens with zero attached hydrogens (tertiary/aromatic N) is 3. The lowest BCUT2D eigenvalue weighted by Crippen LogP contribution is -1.92. The minimum Gasteiger partial charge on any atom is -0.384 e. The monoisotopic (exact) mass is 201 g/mol. The molecule has 0 saturated heterocycles. The molecule has 4 nitrogen and oxygen atoms in total. The van der Waals surface area contributed by atoms with Crippen LogP contribution in [-0.4, -0.2) is 14.4 Å². The molecular weight excluding hydrogens is 191 g/mol. The first-order chi connectivity index (χ1) is 7.25. The SMILES string of the molecule is Cc1cccn2c1nc1[13cH][13cH][13c](N)nc12. The zero-order valence-corrected chi connectivity index (χ0v) is 8.31. The first kappa shape index (κ1) is 8.23. The summed E-state index contributed by atoms with van der Waals surface area (Å²) in [4.78, 5) is 8.78. The van der Waals surface area contributed by atoms with E-state index in [4.69, 9.17) is 5.73 Å². The number of anilines is 1. The number of aromatic nitrogens is 3. The molecule has 0 saturated carbocycles. The number of nitrogens with two attached hydrogens (primary N) is 1. The van der Waals surface area contributed by atoms with Crippen LogP contribution in [0.3, 0.4) is 0 Å². The molecule has 0 amide bonds. The second-order valence-electron chi connectivity index (χ2n) is 3.58. The van der Waals surface area contributed by atoms with E-state index in [9.17, 15) is 0 Å². The van der Waals surface area contributed by atoms with Gasteiger partial charge in [0.05, 0.1) is 0 Å². The summed E-state index contributed by atoms with van der Waals surface area (Å²) in [5.41, 5.74) is 9.42. The van der Waals surface area contributed by atoms with E-state index in [1.165, 1.54) is 0 Å². The Morgan fingerprint density at radius 2 is 2.00 bits per heavy atom. The van der Waals surface area contributed by atoms with Crippen molar-refractivity contribution in [2.75, 3.05) is 5.73 Å². The molecule has 0 radical (unpaired) electrons. The van der Waals surface area contributed by atoms with Crippen molar-refractivity contribution in [1.29, 1.82) is 0 Å². The van der Waals surface area contributed by atoms with Crippen LogP contribution in [0.2, 0.25) is 0 Å². The highest BCUT2D eigenvalue weighted by Gasteiger charge is 2.06. The Balaban J connectivity index is 2.58. The third kappa shape index (κ3) is 1.08. The highest BCUT2D eigenvalue weighted by Crippen LogP contribution is 2.17. The number of imidazole rings is 1. The fourth-order valence-electron chi connectivity index (χ4n) is 1.76. The molecule has 0 atom stereocenters. The lowest BCUT2D eigenvalue weighted by Gasteiger charge is -1.96. The molecule has 3 aromatic rings. The molecule has 3 aromatic heterocycles. The van der Waals surface area contributed by atoms with Gasteiger partial charge in [0.25, 0.3) is 0 Å². The van der Waals surface area contributed by atoms with Gasteiger partial charge in [-0.2, -0.15) is 0 Å². The molecular formula is C11H10N4. The van der Waals surface area contributed by atoms with Gasteiger partial charge in [0.15, 0.2) is 5.65 Å². The Labute approximate surface area is 86.4 Å². The Hall–Kier alpha value is -2.10. The maximum Gasteiger partial charge on any atom is 0.166 e. The number of rotatable bonds is 0. The Kier molecular flexibility index (Phi) is 1.48. The molecule has 0 bridgehead atoms. The van der Waals surface area contributed by atoms with Crippen molar-refractivity contribution >= 4 is 22.6 Å². The molecule has 15 heavy (non-hydrogen) atoms.